The number of hydrogen-bond acceptors (Lipinski definition) is 6. The van der Waals surface area contributed by atoms with E-state index in [1.807, 2.05) is 0 Å². The van der Waals surface area contributed by atoms with Crippen molar-refractivity contribution in [3.63, 3.8) is 0 Å². The number of anilines is 2. The maximum atomic E-state index is 13.6. The number of hydrogen-bond donors (Lipinski definition) is 2. The van der Waals surface area contributed by atoms with Gasteiger partial charge < -0.3 is 5.21 Å². The average molecular weight is 539 g/mol. The second-order valence-corrected chi connectivity index (χ2v) is 11.8. The lowest BCUT2D eigenvalue weighted by Crippen LogP contribution is -3.14. The standard InChI is InChI=1S/C24H32F2N6O4S/c1-29-14-19(13-27-29)31(18-8-10-30(11-9-18)15-22(25)26)37(35,36)32(34)24(33)28-23-20-6-2-4-16(20)12-17-5-3-7-21(17)23/h12-14,18,22,32H,2-11,15H2,1H3,(H,28,33). The van der Waals surface area contributed by atoms with E-state index in [0.29, 0.717) is 5.69 Å². The van der Waals surface area contributed by atoms with E-state index in [1.165, 1.54) is 17.1 Å². The Hall–Kier alpha value is -2.61. The van der Waals surface area contributed by atoms with Crippen LogP contribution in [0.4, 0.5) is 25.0 Å². The average Bonchev–Trinajstić information content (AvgIpc) is 3.60. The molecule has 1 fully saturated rings. The summed E-state index contributed by atoms with van der Waals surface area (Å²) in [7, 11) is -3.15. The predicted molar refractivity (Wildman–Crippen MR) is 134 cm³/mol. The highest BCUT2D eigenvalue weighted by Crippen LogP contribution is 2.38. The number of quaternary nitrogens is 1. The van der Waals surface area contributed by atoms with Crippen molar-refractivity contribution in [1.29, 1.82) is 0 Å². The number of likely N-dealkylation sites (tertiary alicyclic amines) is 1. The normalized spacial score (nSPS) is 19.2. The first-order chi connectivity index (χ1) is 17.6. The lowest BCUT2D eigenvalue weighted by atomic mass is 9.99. The fourth-order valence-corrected chi connectivity index (χ4v) is 7.38. The minimum atomic E-state index is -4.77. The van der Waals surface area contributed by atoms with Crippen LogP contribution in [0, 0.1) is 5.21 Å². The number of piperidine rings is 1. The summed E-state index contributed by atoms with van der Waals surface area (Å²) in [6, 6.07) is 0.340. The van der Waals surface area contributed by atoms with E-state index in [2.05, 4.69) is 16.5 Å². The number of urea groups is 1. The van der Waals surface area contributed by atoms with E-state index in [0.717, 1.165) is 65.1 Å². The molecule has 5 rings (SSSR count). The van der Waals surface area contributed by atoms with Gasteiger partial charge in [0.1, 0.15) is 0 Å². The van der Waals surface area contributed by atoms with Gasteiger partial charge in [0.2, 0.25) is 0 Å². The number of carbonyl (C=O) groups is 1. The summed E-state index contributed by atoms with van der Waals surface area (Å²) >= 11 is 0. The molecule has 2 heterocycles. The van der Waals surface area contributed by atoms with Crippen LogP contribution in [-0.4, -0.2) is 61.2 Å². The molecule has 202 valence electrons. The van der Waals surface area contributed by atoms with Gasteiger partial charge in [-0.25, -0.2) is 17.9 Å². The Kier molecular flexibility index (Phi) is 7.22. The molecule has 1 aliphatic heterocycles. The van der Waals surface area contributed by atoms with Crippen molar-refractivity contribution < 1.29 is 26.5 Å². The molecular formula is C24H32F2N6O4S. The summed E-state index contributed by atoms with van der Waals surface area (Å²) in [6.07, 6.45) is 6.05. The van der Waals surface area contributed by atoms with Gasteiger partial charge in [-0.1, -0.05) is 6.07 Å². The van der Waals surface area contributed by atoms with Crippen molar-refractivity contribution in [1.82, 2.24) is 14.7 Å². The van der Waals surface area contributed by atoms with Crippen molar-refractivity contribution in [3.8, 4) is 0 Å². The second kappa shape index (κ2) is 10.3. The largest absolute Gasteiger partial charge is 0.608 e. The van der Waals surface area contributed by atoms with Crippen LogP contribution in [0.3, 0.4) is 0 Å². The highest BCUT2D eigenvalue weighted by molar-refractivity contribution is 7.86. The van der Waals surface area contributed by atoms with Gasteiger partial charge in [0.25, 0.3) is 6.43 Å². The predicted octanol–water partition coefficient (Wildman–Crippen LogP) is 1.79. The van der Waals surface area contributed by atoms with Crippen LogP contribution in [-0.2, 0) is 42.9 Å². The van der Waals surface area contributed by atoms with E-state index in [1.54, 1.807) is 11.9 Å². The van der Waals surface area contributed by atoms with Gasteiger partial charge in [0, 0.05) is 26.3 Å². The Balaban J connectivity index is 1.40. The van der Waals surface area contributed by atoms with Crippen LogP contribution in [0.2, 0.25) is 0 Å². The molecule has 1 aromatic heterocycles. The molecule has 0 radical (unpaired) electrons. The third-order valence-corrected chi connectivity index (χ3v) is 9.30. The molecule has 2 N–H and O–H groups in total. The quantitative estimate of drug-likeness (QED) is 0.520. The molecule has 0 spiro atoms. The zero-order valence-electron chi connectivity index (χ0n) is 20.8. The van der Waals surface area contributed by atoms with Crippen LogP contribution >= 0.6 is 0 Å². The number of aromatic nitrogens is 2. The first-order valence-corrected chi connectivity index (χ1v) is 14.1. The van der Waals surface area contributed by atoms with Crippen molar-refractivity contribution in [2.24, 2.45) is 7.05 Å². The SMILES string of the molecule is Cn1cc(N(C2CCN(CC(F)F)CC2)S(=O)(=O)[NH+]([O-])C(=O)Nc2c3c(cc4c2CCC4)CCC3)cn1. The summed E-state index contributed by atoms with van der Waals surface area (Å²) in [5, 5.41) is 20.0. The summed E-state index contributed by atoms with van der Waals surface area (Å²) in [5.41, 5.74) is 5.06. The molecule has 13 heteroatoms. The molecule has 0 saturated carbocycles. The number of nitrogens with zero attached hydrogens (tertiary/aromatic N) is 4. The van der Waals surface area contributed by atoms with E-state index in [-0.39, 0.29) is 38.2 Å². The van der Waals surface area contributed by atoms with Crippen LogP contribution in [0.15, 0.2) is 18.5 Å². The number of aryl methyl sites for hydroxylation is 3. The van der Waals surface area contributed by atoms with E-state index < -0.39 is 33.2 Å². The number of benzene rings is 1. The van der Waals surface area contributed by atoms with Gasteiger partial charge >= 0.3 is 16.2 Å². The highest BCUT2D eigenvalue weighted by Gasteiger charge is 2.41. The van der Waals surface area contributed by atoms with E-state index in [9.17, 15) is 27.2 Å². The van der Waals surface area contributed by atoms with Crippen molar-refractivity contribution in [3.05, 3.63) is 45.9 Å². The molecule has 1 saturated heterocycles. The topological polar surface area (TPSA) is 115 Å². The van der Waals surface area contributed by atoms with Crippen LogP contribution < -0.4 is 14.1 Å². The Morgan fingerprint density at radius 2 is 1.81 bits per heavy atom. The third-order valence-electron chi connectivity index (χ3n) is 7.62. The molecule has 1 unspecified atom stereocenters. The smallest absolute Gasteiger partial charge is 0.436 e. The van der Waals surface area contributed by atoms with Crippen LogP contribution in [0.1, 0.15) is 47.9 Å². The molecule has 2 aromatic rings. The first-order valence-electron chi connectivity index (χ1n) is 12.7. The summed E-state index contributed by atoms with van der Waals surface area (Å²) < 4.78 is 53.8. The van der Waals surface area contributed by atoms with E-state index >= 15 is 0 Å². The molecule has 3 aliphatic rings. The van der Waals surface area contributed by atoms with Crippen molar-refractivity contribution in [2.45, 2.75) is 63.8 Å². The Morgan fingerprint density at radius 3 is 2.35 bits per heavy atom. The van der Waals surface area contributed by atoms with Crippen molar-refractivity contribution >= 4 is 27.6 Å². The van der Waals surface area contributed by atoms with Gasteiger partial charge in [-0.2, -0.15) is 18.0 Å². The zero-order chi connectivity index (χ0) is 26.3. The third kappa shape index (κ3) is 5.09. The Bertz CT molecular complexity index is 1240. The minimum Gasteiger partial charge on any atom is -0.608 e. The number of rotatable bonds is 7. The fourth-order valence-electron chi connectivity index (χ4n) is 5.94. The van der Waals surface area contributed by atoms with Gasteiger partial charge in [0.05, 0.1) is 30.2 Å². The van der Waals surface area contributed by atoms with Gasteiger partial charge in [-0.15, -0.1) is 0 Å². The van der Waals surface area contributed by atoms with Gasteiger partial charge in [-0.3, -0.25) is 14.9 Å². The van der Waals surface area contributed by atoms with Crippen LogP contribution in [0.5, 0.6) is 0 Å². The molecule has 0 bridgehead atoms. The van der Waals surface area contributed by atoms with Gasteiger partial charge in [0.15, 0.2) is 0 Å². The lowest BCUT2D eigenvalue weighted by Gasteiger charge is -2.38. The number of hydroxylamine groups is 1. The highest BCUT2D eigenvalue weighted by atomic mass is 32.2. The molecule has 10 nitrogen and oxygen atoms in total. The summed E-state index contributed by atoms with van der Waals surface area (Å²) in [6.45, 7) is 0.118. The number of alkyl halides is 2. The maximum Gasteiger partial charge on any atom is 0.436 e. The summed E-state index contributed by atoms with van der Waals surface area (Å²) in [4.78, 5) is 14.7. The lowest BCUT2D eigenvalue weighted by molar-refractivity contribution is -0.604. The monoisotopic (exact) mass is 538 g/mol. The minimum absolute atomic E-state index is 0.164. The Morgan fingerprint density at radius 1 is 1.19 bits per heavy atom. The molecule has 1 atom stereocenters. The number of carbonyl (C=O) groups excluding carboxylic acids is 1. The number of halogens is 2. The zero-order valence-corrected chi connectivity index (χ0v) is 21.6. The molecular weight excluding hydrogens is 506 g/mol. The van der Waals surface area contributed by atoms with Crippen LogP contribution in [0.25, 0.3) is 0 Å². The maximum absolute atomic E-state index is 13.6. The van der Waals surface area contributed by atoms with Crippen molar-refractivity contribution in [2.75, 3.05) is 29.3 Å². The fraction of sp³-hybridized carbons (Fsp3) is 0.583. The molecule has 37 heavy (non-hydrogen) atoms. The number of amides is 2. The second-order valence-electron chi connectivity index (χ2n) is 10.1. The number of nitrogens with one attached hydrogen (secondary N) is 2. The Labute approximate surface area is 215 Å². The number of fused-ring (bicyclic) bond motifs is 2. The molecule has 2 amide bonds. The van der Waals surface area contributed by atoms with Gasteiger partial charge in [-0.05, 0) is 73.6 Å². The van der Waals surface area contributed by atoms with E-state index in [4.69, 9.17) is 0 Å². The molecule has 2 aliphatic carbocycles. The first kappa shape index (κ1) is 26.0. The molecule has 1 aromatic carbocycles. The summed E-state index contributed by atoms with van der Waals surface area (Å²) in [5.74, 6) is 0.